The van der Waals surface area contributed by atoms with Gasteiger partial charge in [-0.15, -0.1) is 0 Å². The molecule has 1 rings (SSSR count). The first-order chi connectivity index (χ1) is 15.7. The molecule has 0 aromatic heterocycles. The fraction of sp³-hybridized carbons (Fsp3) is 0.591. The van der Waals surface area contributed by atoms with Gasteiger partial charge in [-0.2, -0.15) is 0 Å². The molecule has 184 valence electrons. The van der Waals surface area contributed by atoms with Crippen LogP contribution < -0.4 is 20.1 Å². The third kappa shape index (κ3) is 9.85. The first-order valence-corrected chi connectivity index (χ1v) is 10.9. The number of carbonyl (C=O) groups excluding carboxylic acids is 3. The van der Waals surface area contributed by atoms with E-state index in [-0.39, 0.29) is 72.4 Å². The van der Waals surface area contributed by atoms with Gasteiger partial charge in [-0.05, 0) is 32.3 Å². The van der Waals surface area contributed by atoms with Crippen molar-refractivity contribution in [1.29, 1.82) is 0 Å². The van der Waals surface area contributed by atoms with Crippen molar-refractivity contribution >= 4 is 23.3 Å². The van der Waals surface area contributed by atoms with Gasteiger partial charge in [0.15, 0.2) is 11.5 Å². The number of ketones is 1. The number of carbonyl (C=O) groups is 3. The average Bonchev–Trinajstić information content (AvgIpc) is 2.79. The minimum Gasteiger partial charge on any atom is -0.493 e. The van der Waals surface area contributed by atoms with Gasteiger partial charge in [0, 0.05) is 31.8 Å². The van der Waals surface area contributed by atoms with Crippen molar-refractivity contribution < 1.29 is 33.9 Å². The van der Waals surface area contributed by atoms with E-state index >= 15 is 0 Å². The largest absolute Gasteiger partial charge is 0.493 e. The summed E-state index contributed by atoms with van der Waals surface area (Å²) in [6.07, 6.45) is 2.06. The van der Waals surface area contributed by atoms with E-state index in [0.29, 0.717) is 25.7 Å². The number of methoxy groups -OCH3 is 1. The highest BCUT2D eigenvalue weighted by molar-refractivity contribution is 5.80. The number of hydrogen-bond acceptors (Lipinski definition) is 8. The van der Waals surface area contributed by atoms with E-state index in [1.165, 1.54) is 26.2 Å². The number of benzene rings is 1. The predicted molar refractivity (Wildman–Crippen MR) is 120 cm³/mol. The zero-order valence-electron chi connectivity index (χ0n) is 19.3. The van der Waals surface area contributed by atoms with Gasteiger partial charge in [0.2, 0.25) is 11.8 Å². The molecule has 0 radical (unpaired) electrons. The van der Waals surface area contributed by atoms with E-state index in [1.807, 2.05) is 6.92 Å². The van der Waals surface area contributed by atoms with Gasteiger partial charge in [-0.1, -0.05) is 6.92 Å². The number of nitrogens with one attached hydrogen (secondary N) is 2. The van der Waals surface area contributed by atoms with Crippen molar-refractivity contribution in [3.63, 3.8) is 0 Å². The quantitative estimate of drug-likeness (QED) is 0.189. The summed E-state index contributed by atoms with van der Waals surface area (Å²) >= 11 is 0. The SMILES string of the molecule is CCC(CCC(C)=O)C(=O)NCCNC(=O)CCCOc1cc([N+](=O)[O-])c(CO)cc1OC. The molecule has 2 amide bonds. The first kappa shape index (κ1) is 27.8. The predicted octanol–water partition coefficient (Wildman–Crippen LogP) is 1.88. The van der Waals surface area contributed by atoms with Gasteiger partial charge in [-0.3, -0.25) is 19.7 Å². The van der Waals surface area contributed by atoms with Crippen LogP contribution in [0.25, 0.3) is 0 Å². The minimum atomic E-state index is -0.615. The fourth-order valence-corrected chi connectivity index (χ4v) is 3.09. The third-order valence-corrected chi connectivity index (χ3v) is 4.99. The maximum absolute atomic E-state index is 12.1. The molecular weight excluding hydrogens is 434 g/mol. The summed E-state index contributed by atoms with van der Waals surface area (Å²) in [6.45, 7) is 3.57. The van der Waals surface area contributed by atoms with Crippen LogP contribution in [0.15, 0.2) is 12.1 Å². The molecular formula is C22H33N3O8. The van der Waals surface area contributed by atoms with Gasteiger partial charge in [0.25, 0.3) is 5.69 Å². The molecule has 0 bridgehead atoms. The molecule has 0 aliphatic heterocycles. The molecule has 33 heavy (non-hydrogen) atoms. The van der Waals surface area contributed by atoms with Gasteiger partial charge in [0.1, 0.15) is 5.78 Å². The van der Waals surface area contributed by atoms with Gasteiger partial charge in [0.05, 0.1) is 36.9 Å². The summed E-state index contributed by atoms with van der Waals surface area (Å²) in [5.41, 5.74) is -0.167. The summed E-state index contributed by atoms with van der Waals surface area (Å²) in [4.78, 5) is 45.7. The van der Waals surface area contributed by atoms with E-state index in [4.69, 9.17) is 9.47 Å². The molecule has 3 N–H and O–H groups in total. The average molecular weight is 468 g/mol. The molecule has 0 fully saturated rings. The number of amides is 2. The number of nitro groups is 1. The van der Waals surface area contributed by atoms with Crippen LogP contribution in [-0.2, 0) is 21.0 Å². The van der Waals surface area contributed by atoms with Gasteiger partial charge in [-0.25, -0.2) is 0 Å². The van der Waals surface area contributed by atoms with Crippen LogP contribution in [-0.4, -0.2) is 54.4 Å². The topological polar surface area (TPSA) is 157 Å². The Morgan fingerprint density at radius 2 is 1.85 bits per heavy atom. The summed E-state index contributed by atoms with van der Waals surface area (Å²) in [5, 5.41) is 25.9. The van der Waals surface area contributed by atoms with Crippen molar-refractivity contribution in [2.45, 2.75) is 52.6 Å². The summed E-state index contributed by atoms with van der Waals surface area (Å²) in [7, 11) is 1.38. The van der Waals surface area contributed by atoms with Crippen molar-refractivity contribution in [2.24, 2.45) is 5.92 Å². The van der Waals surface area contributed by atoms with Crippen LogP contribution in [0, 0.1) is 16.0 Å². The first-order valence-electron chi connectivity index (χ1n) is 10.9. The molecule has 0 spiro atoms. The highest BCUT2D eigenvalue weighted by Crippen LogP contribution is 2.34. The van der Waals surface area contributed by atoms with Crippen LogP contribution >= 0.6 is 0 Å². The van der Waals surface area contributed by atoms with Gasteiger partial charge >= 0.3 is 0 Å². The number of nitrogens with zero attached hydrogens (tertiary/aromatic N) is 1. The lowest BCUT2D eigenvalue weighted by Gasteiger charge is -2.14. The number of hydrogen-bond donors (Lipinski definition) is 3. The molecule has 0 saturated carbocycles. The molecule has 0 heterocycles. The standard InChI is InChI=1S/C22H33N3O8/c1-4-16(8-7-15(2)27)22(29)24-10-9-23-21(28)6-5-11-33-20-13-18(25(30)31)17(14-26)12-19(20)32-3/h12-13,16,26H,4-11,14H2,1-3H3,(H,23,28)(H,24,29). The van der Waals surface area contributed by atoms with Crippen LogP contribution in [0.1, 0.15) is 51.5 Å². The minimum absolute atomic E-state index is 0.0522. The zero-order valence-corrected chi connectivity index (χ0v) is 19.3. The van der Waals surface area contributed by atoms with Crippen LogP contribution in [0.2, 0.25) is 0 Å². The maximum atomic E-state index is 12.1. The molecule has 0 saturated heterocycles. The van der Waals surface area contributed by atoms with Crippen molar-refractivity contribution in [1.82, 2.24) is 10.6 Å². The summed E-state index contributed by atoms with van der Waals surface area (Å²) in [5.74, 6) is -0.114. The molecule has 0 aliphatic rings. The zero-order chi connectivity index (χ0) is 24.8. The Balaban J connectivity index is 2.36. The second kappa shape index (κ2) is 14.8. The van der Waals surface area contributed by atoms with E-state index in [9.17, 15) is 29.6 Å². The smallest absolute Gasteiger partial charge is 0.278 e. The molecule has 1 aromatic rings. The third-order valence-electron chi connectivity index (χ3n) is 4.99. The van der Waals surface area contributed by atoms with Crippen LogP contribution in [0.3, 0.4) is 0 Å². The van der Waals surface area contributed by atoms with Crippen molar-refractivity contribution in [2.75, 3.05) is 26.8 Å². The van der Waals surface area contributed by atoms with Crippen molar-refractivity contribution in [3.8, 4) is 11.5 Å². The van der Waals surface area contributed by atoms with E-state index < -0.39 is 11.5 Å². The lowest BCUT2D eigenvalue weighted by atomic mass is 9.98. The monoisotopic (exact) mass is 467 g/mol. The van der Waals surface area contributed by atoms with E-state index in [0.717, 1.165) is 0 Å². The number of aliphatic hydroxyl groups is 1. The summed E-state index contributed by atoms with van der Waals surface area (Å²) < 4.78 is 10.7. The number of nitro benzene ring substituents is 1. The molecule has 1 atom stereocenters. The Morgan fingerprint density at radius 3 is 2.42 bits per heavy atom. The Labute approximate surface area is 193 Å². The maximum Gasteiger partial charge on any atom is 0.278 e. The molecule has 11 nitrogen and oxygen atoms in total. The van der Waals surface area contributed by atoms with E-state index in [2.05, 4.69) is 10.6 Å². The van der Waals surface area contributed by atoms with Crippen molar-refractivity contribution in [3.05, 3.63) is 27.8 Å². The Bertz CT molecular complexity index is 828. The molecule has 1 aromatic carbocycles. The highest BCUT2D eigenvalue weighted by Gasteiger charge is 2.19. The lowest BCUT2D eigenvalue weighted by molar-refractivity contribution is -0.385. The van der Waals surface area contributed by atoms with E-state index in [1.54, 1.807) is 0 Å². The lowest BCUT2D eigenvalue weighted by Crippen LogP contribution is -2.37. The normalized spacial score (nSPS) is 11.4. The number of rotatable bonds is 16. The number of ether oxygens (including phenoxy) is 2. The fourth-order valence-electron chi connectivity index (χ4n) is 3.09. The molecule has 11 heteroatoms. The second-order valence-electron chi connectivity index (χ2n) is 7.49. The Kier molecular flexibility index (Phi) is 12.5. The number of Topliss-reactive ketones (excluding diaryl/α,β-unsaturated/α-hetero) is 1. The molecule has 1 unspecified atom stereocenters. The Morgan fingerprint density at radius 1 is 1.15 bits per heavy atom. The number of aliphatic hydroxyl groups excluding tert-OH is 1. The second-order valence-corrected chi connectivity index (χ2v) is 7.49. The molecule has 0 aliphatic carbocycles. The Hall–Kier alpha value is -3.21. The van der Waals surface area contributed by atoms with Gasteiger partial charge < -0.3 is 30.0 Å². The summed E-state index contributed by atoms with van der Waals surface area (Å²) in [6, 6.07) is 2.53. The highest BCUT2D eigenvalue weighted by atomic mass is 16.6. The van der Waals surface area contributed by atoms with Crippen LogP contribution in [0.5, 0.6) is 11.5 Å². The van der Waals surface area contributed by atoms with Crippen LogP contribution in [0.4, 0.5) is 5.69 Å².